The second-order valence-electron chi connectivity index (χ2n) is 5.51. The van der Waals surface area contributed by atoms with Crippen LogP contribution in [-0.2, 0) is 9.53 Å². The van der Waals surface area contributed by atoms with Crippen LogP contribution in [0.2, 0.25) is 0 Å². The first-order valence-corrected chi connectivity index (χ1v) is 8.24. The van der Waals surface area contributed by atoms with Crippen molar-refractivity contribution in [3.8, 4) is 11.1 Å². The minimum absolute atomic E-state index is 0.0740. The van der Waals surface area contributed by atoms with E-state index in [1.54, 1.807) is 11.8 Å². The Morgan fingerprint density at radius 1 is 1.22 bits per heavy atom. The highest BCUT2D eigenvalue weighted by Crippen LogP contribution is 2.30. The van der Waals surface area contributed by atoms with Gasteiger partial charge < -0.3 is 14.7 Å². The number of thiophene rings is 1. The van der Waals surface area contributed by atoms with Crippen molar-refractivity contribution < 1.29 is 19.4 Å². The van der Waals surface area contributed by atoms with Crippen molar-refractivity contribution in [1.82, 2.24) is 4.90 Å². The van der Waals surface area contributed by atoms with Gasteiger partial charge in [-0.1, -0.05) is 30.3 Å². The summed E-state index contributed by atoms with van der Waals surface area (Å²) < 4.78 is 5.37. The number of ether oxygens (including phenoxy) is 1. The highest BCUT2D eigenvalue weighted by Gasteiger charge is 2.34. The molecule has 1 aliphatic heterocycles. The third kappa shape index (κ3) is 3.28. The minimum atomic E-state index is -1.04. The summed E-state index contributed by atoms with van der Waals surface area (Å²) in [6, 6.07) is 11.6. The predicted molar refractivity (Wildman–Crippen MR) is 87.6 cm³/mol. The molecule has 1 saturated heterocycles. The van der Waals surface area contributed by atoms with Crippen molar-refractivity contribution >= 4 is 23.2 Å². The lowest BCUT2D eigenvalue weighted by atomic mass is 10.1. The first kappa shape index (κ1) is 15.7. The van der Waals surface area contributed by atoms with E-state index in [0.717, 1.165) is 11.1 Å². The standard InChI is InChI=1S/C17H17NO4S/c1-11-9-18(10-14(22-11)17(20)21)16(19)15-13(7-8-23-15)12-5-3-2-4-6-12/h2-8,11,14H,9-10H2,1H3,(H,20,21)/t11-,14?/m1/s1. The van der Waals surface area contributed by atoms with Gasteiger partial charge in [-0.05, 0) is 23.9 Å². The molecule has 2 heterocycles. The van der Waals surface area contributed by atoms with Crippen LogP contribution >= 0.6 is 11.3 Å². The van der Waals surface area contributed by atoms with E-state index < -0.39 is 12.1 Å². The van der Waals surface area contributed by atoms with Gasteiger partial charge in [0.2, 0.25) is 0 Å². The maximum Gasteiger partial charge on any atom is 0.334 e. The van der Waals surface area contributed by atoms with Crippen LogP contribution in [0.4, 0.5) is 0 Å². The molecule has 0 spiro atoms. The molecule has 120 valence electrons. The molecular weight excluding hydrogens is 314 g/mol. The number of nitrogens with zero attached hydrogens (tertiary/aromatic N) is 1. The van der Waals surface area contributed by atoms with Gasteiger partial charge in [0, 0.05) is 12.1 Å². The summed E-state index contributed by atoms with van der Waals surface area (Å²) in [7, 11) is 0. The van der Waals surface area contributed by atoms with Gasteiger partial charge in [-0.15, -0.1) is 11.3 Å². The molecule has 2 atom stereocenters. The number of morpholine rings is 1. The number of carboxylic acids is 1. The largest absolute Gasteiger partial charge is 0.479 e. The molecule has 3 rings (SSSR count). The highest BCUT2D eigenvalue weighted by molar-refractivity contribution is 7.12. The monoisotopic (exact) mass is 331 g/mol. The molecule has 1 N–H and O–H groups in total. The zero-order valence-electron chi connectivity index (χ0n) is 12.6. The maximum absolute atomic E-state index is 12.9. The number of hydrogen-bond donors (Lipinski definition) is 1. The van der Waals surface area contributed by atoms with E-state index in [9.17, 15) is 9.59 Å². The van der Waals surface area contributed by atoms with Crippen molar-refractivity contribution in [3.63, 3.8) is 0 Å². The Kier molecular flexibility index (Phi) is 4.45. The van der Waals surface area contributed by atoms with Crippen LogP contribution < -0.4 is 0 Å². The quantitative estimate of drug-likeness (QED) is 0.939. The number of amides is 1. The zero-order chi connectivity index (χ0) is 16.4. The van der Waals surface area contributed by atoms with Crippen LogP contribution in [0.1, 0.15) is 16.6 Å². The topological polar surface area (TPSA) is 66.8 Å². The Morgan fingerprint density at radius 3 is 2.65 bits per heavy atom. The van der Waals surface area contributed by atoms with Crippen LogP contribution in [0.3, 0.4) is 0 Å². The van der Waals surface area contributed by atoms with Crippen molar-refractivity contribution in [2.45, 2.75) is 19.1 Å². The van der Waals surface area contributed by atoms with Crippen molar-refractivity contribution in [3.05, 3.63) is 46.7 Å². The second kappa shape index (κ2) is 6.52. The average Bonchev–Trinajstić information content (AvgIpc) is 3.04. The van der Waals surface area contributed by atoms with Gasteiger partial charge in [0.25, 0.3) is 5.91 Å². The van der Waals surface area contributed by atoms with Gasteiger partial charge in [0.15, 0.2) is 6.10 Å². The summed E-state index contributed by atoms with van der Waals surface area (Å²) in [5, 5.41) is 11.0. The summed E-state index contributed by atoms with van der Waals surface area (Å²) in [6.07, 6.45) is -1.27. The van der Waals surface area contributed by atoms with Crippen LogP contribution in [0, 0.1) is 0 Å². The Labute approximate surface area is 138 Å². The highest BCUT2D eigenvalue weighted by atomic mass is 32.1. The second-order valence-corrected chi connectivity index (χ2v) is 6.43. The van der Waals surface area contributed by atoms with Crippen molar-refractivity contribution in [2.75, 3.05) is 13.1 Å². The summed E-state index contributed by atoms with van der Waals surface area (Å²) in [6.45, 7) is 2.25. The molecule has 5 nitrogen and oxygen atoms in total. The molecule has 1 fully saturated rings. The third-order valence-corrected chi connectivity index (χ3v) is 4.67. The number of rotatable bonds is 3. The lowest BCUT2D eigenvalue weighted by Gasteiger charge is -2.34. The molecule has 1 amide bonds. The molecule has 1 aliphatic rings. The van der Waals surface area contributed by atoms with Crippen LogP contribution in [0.25, 0.3) is 11.1 Å². The van der Waals surface area contributed by atoms with E-state index in [4.69, 9.17) is 9.84 Å². The fraction of sp³-hybridized carbons (Fsp3) is 0.294. The van der Waals surface area contributed by atoms with Gasteiger partial charge in [0.1, 0.15) is 0 Å². The maximum atomic E-state index is 12.9. The average molecular weight is 331 g/mol. The van der Waals surface area contributed by atoms with Gasteiger partial charge >= 0.3 is 5.97 Å². The van der Waals surface area contributed by atoms with Crippen LogP contribution in [-0.4, -0.2) is 47.2 Å². The van der Waals surface area contributed by atoms with Gasteiger partial charge in [-0.2, -0.15) is 0 Å². The predicted octanol–water partition coefficient (Wildman–Crippen LogP) is 2.73. The minimum Gasteiger partial charge on any atom is -0.479 e. The fourth-order valence-electron chi connectivity index (χ4n) is 2.72. The number of benzene rings is 1. The molecular formula is C17H17NO4S. The number of carbonyl (C=O) groups is 2. The van der Waals surface area contributed by atoms with Gasteiger partial charge in [-0.3, -0.25) is 4.79 Å². The summed E-state index contributed by atoms with van der Waals surface area (Å²) in [4.78, 5) is 26.2. The molecule has 6 heteroatoms. The number of carbonyl (C=O) groups excluding carboxylic acids is 1. The van der Waals surface area contributed by atoms with E-state index in [1.165, 1.54) is 11.3 Å². The first-order chi connectivity index (χ1) is 11.1. The molecule has 1 aromatic carbocycles. The molecule has 1 aromatic heterocycles. The summed E-state index contributed by atoms with van der Waals surface area (Å²) in [5.41, 5.74) is 1.86. The number of carboxylic acid groups (broad SMARTS) is 1. The zero-order valence-corrected chi connectivity index (χ0v) is 13.5. The van der Waals surface area contributed by atoms with Crippen LogP contribution in [0.5, 0.6) is 0 Å². The number of aliphatic carboxylic acids is 1. The van der Waals surface area contributed by atoms with E-state index in [0.29, 0.717) is 11.4 Å². The normalized spacial score (nSPS) is 21.2. The van der Waals surface area contributed by atoms with E-state index in [1.807, 2.05) is 41.8 Å². The van der Waals surface area contributed by atoms with Crippen molar-refractivity contribution in [1.29, 1.82) is 0 Å². The summed E-state index contributed by atoms with van der Waals surface area (Å²) in [5.74, 6) is -1.18. The van der Waals surface area contributed by atoms with Crippen molar-refractivity contribution in [2.24, 2.45) is 0 Å². The fourth-order valence-corrected chi connectivity index (χ4v) is 3.60. The van der Waals surface area contributed by atoms with Gasteiger partial charge in [0.05, 0.1) is 17.5 Å². The molecule has 0 aliphatic carbocycles. The molecule has 0 radical (unpaired) electrons. The Hall–Kier alpha value is -2.18. The lowest BCUT2D eigenvalue weighted by Crippen LogP contribution is -2.51. The lowest BCUT2D eigenvalue weighted by molar-refractivity contribution is -0.160. The smallest absolute Gasteiger partial charge is 0.334 e. The van der Waals surface area contributed by atoms with E-state index >= 15 is 0 Å². The van der Waals surface area contributed by atoms with E-state index in [-0.39, 0.29) is 18.6 Å². The summed E-state index contributed by atoms with van der Waals surface area (Å²) >= 11 is 1.38. The molecule has 2 aromatic rings. The Morgan fingerprint density at radius 2 is 1.96 bits per heavy atom. The molecule has 23 heavy (non-hydrogen) atoms. The molecule has 0 bridgehead atoms. The van der Waals surface area contributed by atoms with Gasteiger partial charge in [-0.25, -0.2) is 4.79 Å². The number of hydrogen-bond acceptors (Lipinski definition) is 4. The Bertz CT molecular complexity index is 712. The Balaban J connectivity index is 1.87. The molecule has 0 saturated carbocycles. The van der Waals surface area contributed by atoms with E-state index in [2.05, 4.69) is 0 Å². The first-order valence-electron chi connectivity index (χ1n) is 7.36. The van der Waals surface area contributed by atoms with Crippen LogP contribution in [0.15, 0.2) is 41.8 Å². The third-order valence-electron chi connectivity index (χ3n) is 3.77. The molecule has 1 unspecified atom stereocenters. The SMILES string of the molecule is C[C@@H]1CN(C(=O)c2sccc2-c2ccccc2)CC(C(=O)O)O1.